The molecule has 3 unspecified atom stereocenters. The molecule has 302 valence electrons. The predicted molar refractivity (Wildman–Crippen MR) is 214 cm³/mol. The standard InChI is InChI=1S/C42H75O9P/c1-3-5-7-9-11-12-13-14-15-16-17-18-19-20-21-22-23-24-25-26-27-29-31-33-35-48-38-41(39-50-52(46,47)49-37-40(44)36-43)51-42(45)34-32-30-28-10-8-6-4-2/h5,7,11-12,14-15,17-18,20-21,40-41,43-44H,3-4,6,8-10,13,16,19,22-39H2,1-2H3,(H,46,47)/b7-5-,12-11-,15-14-,18-17-,21-20-. The number of carbonyl (C=O) groups excluding carboxylic acids is 1. The Morgan fingerprint density at radius 3 is 1.65 bits per heavy atom. The Hall–Kier alpha value is -1.84. The van der Waals surface area contributed by atoms with Gasteiger partial charge in [0.1, 0.15) is 12.2 Å². The summed E-state index contributed by atoms with van der Waals surface area (Å²) in [5.41, 5.74) is 0. The summed E-state index contributed by atoms with van der Waals surface area (Å²) in [5, 5.41) is 18.3. The van der Waals surface area contributed by atoms with Crippen LogP contribution in [0.2, 0.25) is 0 Å². The first-order valence-electron chi connectivity index (χ1n) is 20.3. The van der Waals surface area contributed by atoms with Crippen molar-refractivity contribution in [2.75, 3.05) is 33.0 Å². The molecule has 0 aliphatic rings. The molecule has 0 aromatic carbocycles. The molecule has 0 spiro atoms. The van der Waals surface area contributed by atoms with E-state index in [1.807, 2.05) is 0 Å². The zero-order valence-corrected chi connectivity index (χ0v) is 33.7. The average molecular weight is 755 g/mol. The summed E-state index contributed by atoms with van der Waals surface area (Å²) in [6.45, 7) is 3.31. The summed E-state index contributed by atoms with van der Waals surface area (Å²) in [7, 11) is -4.51. The second-order valence-electron chi connectivity index (χ2n) is 13.3. The first-order valence-corrected chi connectivity index (χ1v) is 21.8. The van der Waals surface area contributed by atoms with Gasteiger partial charge in [-0.3, -0.25) is 13.8 Å². The molecule has 0 aliphatic carbocycles. The monoisotopic (exact) mass is 755 g/mol. The molecule has 0 amide bonds. The van der Waals surface area contributed by atoms with Gasteiger partial charge in [0.25, 0.3) is 0 Å². The van der Waals surface area contributed by atoms with Crippen molar-refractivity contribution in [2.24, 2.45) is 0 Å². The molecule has 3 N–H and O–H groups in total. The van der Waals surface area contributed by atoms with Crippen LogP contribution < -0.4 is 0 Å². The first-order chi connectivity index (χ1) is 25.3. The van der Waals surface area contributed by atoms with Crippen LogP contribution in [0.5, 0.6) is 0 Å². The lowest BCUT2D eigenvalue weighted by Crippen LogP contribution is -2.29. The number of allylic oxidation sites excluding steroid dienone is 10. The summed E-state index contributed by atoms with van der Waals surface area (Å²) in [6, 6.07) is 0. The zero-order chi connectivity index (χ0) is 38.2. The van der Waals surface area contributed by atoms with Crippen LogP contribution in [-0.2, 0) is 27.9 Å². The molecule has 3 atom stereocenters. The number of aliphatic hydroxyl groups is 2. The lowest BCUT2D eigenvalue weighted by atomic mass is 10.1. The fourth-order valence-electron chi connectivity index (χ4n) is 5.15. The zero-order valence-electron chi connectivity index (χ0n) is 32.8. The second kappa shape index (κ2) is 38.9. The predicted octanol–water partition coefficient (Wildman–Crippen LogP) is 10.8. The third-order valence-electron chi connectivity index (χ3n) is 8.22. The van der Waals surface area contributed by atoms with Gasteiger partial charge < -0.3 is 24.6 Å². The SMILES string of the molecule is CC/C=C\C/C=C\C/C=C\C/C=C\C/C=C\CCCCCCCCCCOCC(COP(=O)(O)OCC(O)CO)OC(=O)CCCCCCCCC. The maximum atomic E-state index is 12.4. The van der Waals surface area contributed by atoms with Gasteiger partial charge in [0.2, 0.25) is 0 Å². The van der Waals surface area contributed by atoms with Crippen LogP contribution in [0.3, 0.4) is 0 Å². The Bertz CT molecular complexity index is 992. The van der Waals surface area contributed by atoms with Crippen molar-refractivity contribution in [3.8, 4) is 0 Å². The van der Waals surface area contributed by atoms with E-state index in [1.54, 1.807) is 0 Å². The Kier molecular flexibility index (Phi) is 37.5. The lowest BCUT2D eigenvalue weighted by molar-refractivity contribution is -0.154. The van der Waals surface area contributed by atoms with Crippen molar-refractivity contribution >= 4 is 13.8 Å². The molecule has 9 nitrogen and oxygen atoms in total. The van der Waals surface area contributed by atoms with E-state index in [-0.39, 0.29) is 19.6 Å². The highest BCUT2D eigenvalue weighted by molar-refractivity contribution is 7.47. The minimum atomic E-state index is -4.51. The average Bonchev–Trinajstić information content (AvgIpc) is 3.13. The number of hydrogen-bond acceptors (Lipinski definition) is 8. The fraction of sp³-hybridized carbons (Fsp3) is 0.738. The summed E-state index contributed by atoms with van der Waals surface area (Å²) in [4.78, 5) is 22.3. The minimum Gasteiger partial charge on any atom is -0.457 e. The summed E-state index contributed by atoms with van der Waals surface area (Å²) < 4.78 is 33.1. The van der Waals surface area contributed by atoms with Crippen LogP contribution in [0.4, 0.5) is 0 Å². The van der Waals surface area contributed by atoms with Crippen molar-refractivity contribution in [2.45, 2.75) is 167 Å². The largest absolute Gasteiger partial charge is 0.472 e. The van der Waals surface area contributed by atoms with E-state index >= 15 is 0 Å². The van der Waals surface area contributed by atoms with Crippen molar-refractivity contribution in [3.63, 3.8) is 0 Å². The van der Waals surface area contributed by atoms with Gasteiger partial charge >= 0.3 is 13.8 Å². The number of carbonyl (C=O) groups is 1. The van der Waals surface area contributed by atoms with Gasteiger partial charge in [-0.1, -0.05) is 152 Å². The molecular formula is C42H75O9P. The molecule has 0 aliphatic heterocycles. The van der Waals surface area contributed by atoms with Crippen molar-refractivity contribution in [3.05, 3.63) is 60.8 Å². The third-order valence-corrected chi connectivity index (χ3v) is 9.17. The lowest BCUT2D eigenvalue weighted by Gasteiger charge is -2.20. The molecule has 52 heavy (non-hydrogen) atoms. The molecule has 0 aromatic rings. The fourth-order valence-corrected chi connectivity index (χ4v) is 5.93. The maximum Gasteiger partial charge on any atom is 0.472 e. The van der Waals surface area contributed by atoms with Crippen LogP contribution >= 0.6 is 7.82 Å². The minimum absolute atomic E-state index is 0.0416. The topological polar surface area (TPSA) is 132 Å². The highest BCUT2D eigenvalue weighted by Gasteiger charge is 2.26. The quantitative estimate of drug-likeness (QED) is 0.0244. The smallest absolute Gasteiger partial charge is 0.457 e. The summed E-state index contributed by atoms with van der Waals surface area (Å²) in [6.07, 6.45) is 43.5. The van der Waals surface area contributed by atoms with Crippen molar-refractivity contribution in [1.82, 2.24) is 0 Å². The van der Waals surface area contributed by atoms with E-state index < -0.39 is 39.2 Å². The van der Waals surface area contributed by atoms with Gasteiger partial charge in [-0.25, -0.2) is 4.57 Å². The molecular weight excluding hydrogens is 679 g/mol. The van der Waals surface area contributed by atoms with Gasteiger partial charge in [-0.2, -0.15) is 0 Å². The maximum absolute atomic E-state index is 12.4. The number of hydrogen-bond donors (Lipinski definition) is 3. The van der Waals surface area contributed by atoms with Crippen LogP contribution in [0.15, 0.2) is 60.8 Å². The second-order valence-corrected chi connectivity index (χ2v) is 14.7. The van der Waals surface area contributed by atoms with Gasteiger partial charge in [-0.15, -0.1) is 0 Å². The number of unbranched alkanes of at least 4 members (excludes halogenated alkanes) is 14. The van der Waals surface area contributed by atoms with Crippen LogP contribution in [0.25, 0.3) is 0 Å². The number of phosphoric acid groups is 1. The van der Waals surface area contributed by atoms with Crippen molar-refractivity contribution in [1.29, 1.82) is 0 Å². The van der Waals surface area contributed by atoms with E-state index in [0.29, 0.717) is 6.61 Å². The Labute approximate surface area is 317 Å². The van der Waals surface area contributed by atoms with Crippen LogP contribution in [-0.4, -0.2) is 66.3 Å². The van der Waals surface area contributed by atoms with Gasteiger partial charge in [0, 0.05) is 13.0 Å². The van der Waals surface area contributed by atoms with Gasteiger partial charge in [0.15, 0.2) is 0 Å². The molecule has 0 saturated heterocycles. The highest BCUT2D eigenvalue weighted by Crippen LogP contribution is 2.43. The molecule has 0 bridgehead atoms. The van der Waals surface area contributed by atoms with E-state index in [1.165, 1.54) is 51.4 Å². The number of phosphoric ester groups is 1. The Morgan fingerprint density at radius 2 is 1.10 bits per heavy atom. The van der Waals surface area contributed by atoms with Gasteiger partial charge in [0.05, 0.1) is 26.4 Å². The summed E-state index contributed by atoms with van der Waals surface area (Å²) in [5.74, 6) is -0.395. The van der Waals surface area contributed by atoms with E-state index in [0.717, 1.165) is 83.5 Å². The molecule has 0 fully saturated rings. The molecule has 10 heteroatoms. The normalized spacial score (nSPS) is 14.8. The Balaban J connectivity index is 4.05. The number of rotatable bonds is 38. The number of esters is 1. The molecule has 0 saturated carbocycles. The molecule has 0 aromatic heterocycles. The summed E-state index contributed by atoms with van der Waals surface area (Å²) >= 11 is 0. The van der Waals surface area contributed by atoms with Crippen LogP contribution in [0.1, 0.15) is 155 Å². The van der Waals surface area contributed by atoms with E-state index in [2.05, 4.69) is 74.6 Å². The third kappa shape index (κ3) is 37.9. The van der Waals surface area contributed by atoms with Crippen LogP contribution in [0, 0.1) is 0 Å². The van der Waals surface area contributed by atoms with Crippen molar-refractivity contribution < 1.29 is 43.0 Å². The molecule has 0 radical (unpaired) electrons. The molecule has 0 heterocycles. The first kappa shape index (κ1) is 50.2. The highest BCUT2D eigenvalue weighted by atomic mass is 31.2. The number of ether oxygens (including phenoxy) is 2. The van der Waals surface area contributed by atoms with E-state index in [9.17, 15) is 19.4 Å². The number of aliphatic hydroxyl groups excluding tert-OH is 2. The Morgan fingerprint density at radius 1 is 0.615 bits per heavy atom. The van der Waals surface area contributed by atoms with E-state index in [4.69, 9.17) is 23.6 Å². The molecule has 0 rings (SSSR count). The van der Waals surface area contributed by atoms with Gasteiger partial charge in [-0.05, 0) is 57.8 Å².